The quantitative estimate of drug-likeness (QED) is 0.377. The number of hydrogen-bond donors (Lipinski definition) is 1. The Hall–Kier alpha value is -1.23. The van der Waals surface area contributed by atoms with Crippen molar-refractivity contribution < 1.29 is 4.74 Å². The van der Waals surface area contributed by atoms with Crippen LogP contribution >= 0.6 is 35.3 Å². The third kappa shape index (κ3) is 5.28. The number of likely N-dealkylation sites (tertiary alicyclic amines) is 1. The fourth-order valence-electron chi connectivity index (χ4n) is 4.05. The number of rotatable bonds is 4. The Morgan fingerprint density at radius 1 is 1.28 bits per heavy atom. The number of ether oxygens (including phenoxy) is 1. The van der Waals surface area contributed by atoms with Gasteiger partial charge in [0.2, 0.25) is 0 Å². The Balaban J connectivity index is 0.00000240. The van der Waals surface area contributed by atoms with E-state index in [4.69, 9.17) is 4.74 Å². The monoisotopic (exact) mass is 527 g/mol. The van der Waals surface area contributed by atoms with Crippen molar-refractivity contribution in [2.45, 2.75) is 39.1 Å². The molecular formula is C21H30IN5OS. The summed E-state index contributed by atoms with van der Waals surface area (Å²) in [6.45, 7) is 9.47. The molecule has 2 atom stereocenters. The minimum absolute atomic E-state index is 0. The highest BCUT2D eigenvalue weighted by Crippen LogP contribution is 2.25. The smallest absolute Gasteiger partial charge is 0.194 e. The van der Waals surface area contributed by atoms with Gasteiger partial charge in [0.1, 0.15) is 5.01 Å². The molecule has 2 aliphatic rings. The van der Waals surface area contributed by atoms with Crippen LogP contribution in [0.2, 0.25) is 0 Å². The summed E-state index contributed by atoms with van der Waals surface area (Å²) < 4.78 is 6.10. The van der Waals surface area contributed by atoms with Gasteiger partial charge >= 0.3 is 0 Å². The minimum atomic E-state index is 0. The number of halogens is 1. The molecular weight excluding hydrogens is 497 g/mol. The van der Waals surface area contributed by atoms with Crippen LogP contribution in [0.5, 0.6) is 0 Å². The van der Waals surface area contributed by atoms with Crippen molar-refractivity contribution in [1.82, 2.24) is 20.1 Å². The minimum Gasteiger partial charge on any atom is -0.373 e. The summed E-state index contributed by atoms with van der Waals surface area (Å²) in [6.07, 6.45) is 0.236. The summed E-state index contributed by atoms with van der Waals surface area (Å²) in [5.74, 6) is 0.933. The molecule has 1 N–H and O–H groups in total. The zero-order valence-electron chi connectivity index (χ0n) is 17.3. The number of nitrogens with zero attached hydrogens (tertiary/aromatic N) is 4. The number of nitrogens with one attached hydrogen (secondary N) is 1. The second-order valence-electron chi connectivity index (χ2n) is 7.49. The zero-order chi connectivity index (χ0) is 19.5. The lowest BCUT2D eigenvalue weighted by atomic mass is 10.1. The topological polar surface area (TPSA) is 53.0 Å². The van der Waals surface area contributed by atoms with Gasteiger partial charge in [0.15, 0.2) is 5.96 Å². The first-order valence-electron chi connectivity index (χ1n) is 9.92. The van der Waals surface area contributed by atoms with E-state index >= 15 is 0 Å². The fraction of sp³-hybridized carbons (Fsp3) is 0.524. The Bertz CT molecular complexity index is 808. The van der Waals surface area contributed by atoms with Crippen LogP contribution in [0.3, 0.4) is 0 Å². The molecule has 6 nitrogen and oxygen atoms in total. The third-order valence-corrected chi connectivity index (χ3v) is 6.70. The van der Waals surface area contributed by atoms with Gasteiger partial charge in [0.05, 0.1) is 31.0 Å². The van der Waals surface area contributed by atoms with E-state index in [9.17, 15) is 0 Å². The largest absolute Gasteiger partial charge is 0.373 e. The number of guanidine groups is 1. The van der Waals surface area contributed by atoms with Gasteiger partial charge in [-0.05, 0) is 19.4 Å². The van der Waals surface area contributed by atoms with Gasteiger partial charge in [-0.25, -0.2) is 4.98 Å². The van der Waals surface area contributed by atoms with Gasteiger partial charge in [0, 0.05) is 38.1 Å². The summed E-state index contributed by atoms with van der Waals surface area (Å²) in [4.78, 5) is 15.3. The number of benzene rings is 1. The van der Waals surface area contributed by atoms with Crippen molar-refractivity contribution in [2.24, 2.45) is 4.99 Å². The summed E-state index contributed by atoms with van der Waals surface area (Å²) in [5, 5.41) is 4.60. The van der Waals surface area contributed by atoms with Crippen molar-refractivity contribution in [3.8, 4) is 0 Å². The molecule has 2 saturated heterocycles. The molecule has 0 radical (unpaired) electrons. The molecule has 3 heterocycles. The first-order valence-corrected chi connectivity index (χ1v) is 10.7. The van der Waals surface area contributed by atoms with E-state index in [-0.39, 0.29) is 30.1 Å². The molecule has 2 unspecified atom stereocenters. The highest BCUT2D eigenvalue weighted by atomic mass is 127. The molecule has 8 heteroatoms. The first kappa shape index (κ1) is 22.5. The maximum Gasteiger partial charge on any atom is 0.194 e. The molecule has 1 aromatic heterocycles. The predicted molar refractivity (Wildman–Crippen MR) is 129 cm³/mol. The Morgan fingerprint density at radius 2 is 2.07 bits per heavy atom. The second-order valence-corrected chi connectivity index (χ2v) is 8.78. The second kappa shape index (κ2) is 10.2. The summed E-state index contributed by atoms with van der Waals surface area (Å²) in [5.41, 5.74) is 2.48. The number of aryl methyl sites for hydroxylation is 2. The highest BCUT2D eigenvalue weighted by Gasteiger charge is 2.41. The van der Waals surface area contributed by atoms with Gasteiger partial charge in [-0.1, -0.05) is 30.3 Å². The standard InChI is InChI=1S/C21H29N5OS.HI/c1-15-16(2)28-20(24-15)11-23-21(22-3)26-13-18-19(14-26)27-10-9-25(18)12-17-7-5-4-6-8-17;/h4-8,18-19H,9-14H2,1-3H3,(H,22,23);1H. The number of hydrogen-bond acceptors (Lipinski definition) is 5. The van der Waals surface area contributed by atoms with Gasteiger partial charge < -0.3 is 15.0 Å². The number of morpholine rings is 1. The van der Waals surface area contributed by atoms with Crippen LogP contribution in [0.1, 0.15) is 21.1 Å². The molecule has 2 aromatic rings. The first-order chi connectivity index (χ1) is 13.6. The van der Waals surface area contributed by atoms with E-state index in [2.05, 4.69) is 69.3 Å². The number of fused-ring (bicyclic) bond motifs is 1. The molecule has 158 valence electrons. The van der Waals surface area contributed by atoms with Crippen LogP contribution in [-0.2, 0) is 17.8 Å². The Kier molecular flexibility index (Phi) is 7.89. The summed E-state index contributed by atoms with van der Waals surface area (Å²) in [6, 6.07) is 11.1. The molecule has 0 amide bonds. The fourth-order valence-corrected chi connectivity index (χ4v) is 4.92. The molecule has 2 aliphatic heterocycles. The van der Waals surface area contributed by atoms with Crippen molar-refractivity contribution in [2.75, 3.05) is 33.3 Å². The summed E-state index contributed by atoms with van der Waals surface area (Å²) in [7, 11) is 1.85. The van der Waals surface area contributed by atoms with E-state index in [1.165, 1.54) is 10.4 Å². The molecule has 4 rings (SSSR count). The van der Waals surface area contributed by atoms with Crippen molar-refractivity contribution in [3.63, 3.8) is 0 Å². The van der Waals surface area contributed by atoms with Crippen molar-refractivity contribution in [3.05, 3.63) is 51.5 Å². The zero-order valence-corrected chi connectivity index (χ0v) is 20.4. The molecule has 1 aromatic carbocycles. The SMILES string of the molecule is CN=C(NCc1nc(C)c(C)s1)N1CC2OCCN(Cc3ccccc3)C2C1.I. The number of aromatic nitrogens is 1. The molecule has 0 bridgehead atoms. The molecule has 2 fully saturated rings. The van der Waals surface area contributed by atoms with Crippen LogP contribution in [0.4, 0.5) is 0 Å². The Labute approximate surface area is 194 Å². The lowest BCUT2D eigenvalue weighted by Gasteiger charge is -2.36. The highest BCUT2D eigenvalue weighted by molar-refractivity contribution is 14.0. The predicted octanol–water partition coefficient (Wildman–Crippen LogP) is 3.04. The van der Waals surface area contributed by atoms with Crippen LogP contribution < -0.4 is 5.32 Å². The number of aliphatic imine (C=N–C) groups is 1. The van der Waals surface area contributed by atoms with E-state index in [0.717, 1.165) is 49.4 Å². The number of thiazole rings is 1. The van der Waals surface area contributed by atoms with E-state index < -0.39 is 0 Å². The van der Waals surface area contributed by atoms with Gasteiger partial charge in [-0.3, -0.25) is 9.89 Å². The van der Waals surface area contributed by atoms with Gasteiger partial charge in [0.25, 0.3) is 0 Å². The maximum absolute atomic E-state index is 6.10. The third-order valence-electron chi connectivity index (χ3n) is 5.63. The molecule has 0 spiro atoms. The lowest BCUT2D eigenvalue weighted by molar-refractivity contribution is -0.0502. The molecule has 29 heavy (non-hydrogen) atoms. The molecule has 0 saturated carbocycles. The van der Waals surface area contributed by atoms with E-state index in [1.807, 2.05) is 7.05 Å². The van der Waals surface area contributed by atoms with Crippen LogP contribution in [0.25, 0.3) is 0 Å². The Morgan fingerprint density at radius 3 is 2.76 bits per heavy atom. The normalized spacial score (nSPS) is 22.3. The van der Waals surface area contributed by atoms with Crippen LogP contribution in [0, 0.1) is 13.8 Å². The van der Waals surface area contributed by atoms with Crippen molar-refractivity contribution >= 4 is 41.3 Å². The van der Waals surface area contributed by atoms with Crippen LogP contribution in [-0.4, -0.2) is 66.2 Å². The van der Waals surface area contributed by atoms with Crippen LogP contribution in [0.15, 0.2) is 35.3 Å². The van der Waals surface area contributed by atoms with Gasteiger partial charge in [-0.15, -0.1) is 35.3 Å². The van der Waals surface area contributed by atoms with Crippen molar-refractivity contribution in [1.29, 1.82) is 0 Å². The van der Waals surface area contributed by atoms with E-state index in [1.54, 1.807) is 11.3 Å². The van der Waals surface area contributed by atoms with Gasteiger partial charge in [-0.2, -0.15) is 0 Å². The average Bonchev–Trinajstić information content (AvgIpc) is 3.27. The molecule has 0 aliphatic carbocycles. The maximum atomic E-state index is 6.10. The average molecular weight is 527 g/mol. The summed E-state index contributed by atoms with van der Waals surface area (Å²) >= 11 is 1.75. The van der Waals surface area contributed by atoms with E-state index in [0.29, 0.717) is 12.6 Å². The lowest BCUT2D eigenvalue weighted by Crippen LogP contribution is -2.50.